The first-order chi connectivity index (χ1) is 9.56. The van der Waals surface area contributed by atoms with Gasteiger partial charge in [-0.05, 0) is 25.3 Å². The van der Waals surface area contributed by atoms with Crippen molar-refractivity contribution in [3.8, 4) is 0 Å². The number of likely N-dealkylation sites (tertiary alicyclic amines) is 1. The lowest BCUT2D eigenvalue weighted by Crippen LogP contribution is -2.39. The third kappa shape index (κ3) is 5.61. The predicted molar refractivity (Wildman–Crippen MR) is 81.3 cm³/mol. The maximum Gasteiger partial charge on any atom is 0.246 e. The normalized spacial score (nSPS) is 19.4. The molecule has 0 aromatic rings. The molecule has 0 aromatic heterocycles. The Morgan fingerprint density at radius 2 is 1.90 bits per heavy atom. The maximum absolute atomic E-state index is 12.0. The van der Waals surface area contributed by atoms with Crippen molar-refractivity contribution >= 4 is 11.8 Å². The predicted octanol–water partition coefficient (Wildman–Crippen LogP) is 2.72. The molecule has 4 heteroatoms. The van der Waals surface area contributed by atoms with Crippen molar-refractivity contribution in [1.29, 1.82) is 0 Å². The Balaban J connectivity index is 2.11. The Hall–Kier alpha value is -0.900. The van der Waals surface area contributed by atoms with Gasteiger partial charge in [0.1, 0.15) is 0 Å². The lowest BCUT2D eigenvalue weighted by Gasteiger charge is -2.14. The first kappa shape index (κ1) is 17.2. The Bertz CT molecular complexity index is 316. The number of hydrogen-bond donors (Lipinski definition) is 1. The van der Waals surface area contributed by atoms with E-state index in [9.17, 15) is 9.59 Å². The fourth-order valence-corrected chi connectivity index (χ4v) is 2.61. The van der Waals surface area contributed by atoms with Crippen LogP contribution in [0.2, 0.25) is 0 Å². The van der Waals surface area contributed by atoms with Crippen LogP contribution in [0.5, 0.6) is 0 Å². The van der Waals surface area contributed by atoms with Gasteiger partial charge in [0.15, 0.2) is 0 Å². The van der Waals surface area contributed by atoms with E-state index in [2.05, 4.69) is 19.2 Å². The molecule has 1 aliphatic heterocycles. The van der Waals surface area contributed by atoms with Crippen LogP contribution in [-0.4, -0.2) is 35.8 Å². The van der Waals surface area contributed by atoms with Gasteiger partial charge in [-0.25, -0.2) is 0 Å². The molecule has 1 unspecified atom stereocenters. The molecule has 2 amide bonds. The topological polar surface area (TPSA) is 49.4 Å². The van der Waals surface area contributed by atoms with Crippen molar-refractivity contribution in [3.63, 3.8) is 0 Å². The summed E-state index contributed by atoms with van der Waals surface area (Å²) in [4.78, 5) is 25.1. The van der Waals surface area contributed by atoms with E-state index in [4.69, 9.17) is 0 Å². The number of amides is 2. The van der Waals surface area contributed by atoms with E-state index < -0.39 is 0 Å². The SMILES string of the molecule is CCCN1C(=O)CC(NCCCCCCC(C)C)C1=O. The first-order valence-corrected chi connectivity index (χ1v) is 8.13. The number of unbranched alkanes of at least 4 members (excludes halogenated alkanes) is 3. The highest BCUT2D eigenvalue weighted by atomic mass is 16.2. The number of hydrogen-bond acceptors (Lipinski definition) is 3. The number of nitrogens with zero attached hydrogens (tertiary/aromatic N) is 1. The summed E-state index contributed by atoms with van der Waals surface area (Å²) in [5, 5.41) is 3.24. The van der Waals surface area contributed by atoms with Gasteiger partial charge in [0, 0.05) is 6.54 Å². The zero-order valence-corrected chi connectivity index (χ0v) is 13.3. The van der Waals surface area contributed by atoms with Gasteiger partial charge >= 0.3 is 0 Å². The molecule has 0 spiro atoms. The van der Waals surface area contributed by atoms with E-state index in [1.165, 1.54) is 30.6 Å². The Morgan fingerprint density at radius 1 is 1.20 bits per heavy atom. The molecule has 1 aliphatic rings. The van der Waals surface area contributed by atoms with Crippen LogP contribution >= 0.6 is 0 Å². The fraction of sp³-hybridized carbons (Fsp3) is 0.875. The number of rotatable bonds is 10. The standard InChI is InChI=1S/C16H30N2O2/c1-4-11-18-15(19)12-14(16(18)20)17-10-8-6-5-7-9-13(2)3/h13-14,17H,4-12H2,1-3H3. The van der Waals surface area contributed by atoms with Crippen LogP contribution in [0.4, 0.5) is 0 Å². The first-order valence-electron chi connectivity index (χ1n) is 8.13. The summed E-state index contributed by atoms with van der Waals surface area (Å²) in [6, 6.07) is -0.273. The minimum Gasteiger partial charge on any atom is -0.305 e. The van der Waals surface area contributed by atoms with E-state index in [0.717, 1.165) is 25.3 Å². The largest absolute Gasteiger partial charge is 0.305 e. The summed E-state index contributed by atoms with van der Waals surface area (Å²) in [5.74, 6) is 0.739. The van der Waals surface area contributed by atoms with Crippen LogP contribution < -0.4 is 5.32 Å². The lowest BCUT2D eigenvalue weighted by atomic mass is 10.0. The van der Waals surface area contributed by atoms with E-state index in [1.807, 2.05) is 6.92 Å². The van der Waals surface area contributed by atoms with Gasteiger partial charge in [0.05, 0.1) is 12.5 Å². The minimum atomic E-state index is -0.273. The Morgan fingerprint density at radius 3 is 2.55 bits per heavy atom. The van der Waals surface area contributed by atoms with Gasteiger partial charge in [-0.15, -0.1) is 0 Å². The van der Waals surface area contributed by atoms with Crippen molar-refractivity contribution in [2.75, 3.05) is 13.1 Å². The third-order valence-electron chi connectivity index (χ3n) is 3.79. The molecule has 116 valence electrons. The van der Waals surface area contributed by atoms with Crippen molar-refractivity contribution in [2.45, 2.75) is 71.8 Å². The molecule has 0 aromatic carbocycles. The van der Waals surface area contributed by atoms with Gasteiger partial charge in [-0.3, -0.25) is 14.5 Å². The molecule has 1 fully saturated rings. The number of carbonyl (C=O) groups excluding carboxylic acids is 2. The average Bonchev–Trinajstić information content (AvgIpc) is 2.65. The van der Waals surface area contributed by atoms with Gasteiger partial charge in [-0.1, -0.05) is 46.5 Å². The molecule has 1 N–H and O–H groups in total. The van der Waals surface area contributed by atoms with Gasteiger partial charge in [-0.2, -0.15) is 0 Å². The lowest BCUT2D eigenvalue weighted by molar-refractivity contribution is -0.138. The van der Waals surface area contributed by atoms with Crippen molar-refractivity contribution in [2.24, 2.45) is 5.92 Å². The Labute approximate surface area is 123 Å². The Kier molecular flexibility index (Phi) is 7.82. The van der Waals surface area contributed by atoms with Crippen molar-refractivity contribution in [1.82, 2.24) is 10.2 Å². The molecule has 0 aliphatic carbocycles. The van der Waals surface area contributed by atoms with E-state index in [1.54, 1.807) is 0 Å². The van der Waals surface area contributed by atoms with Gasteiger partial charge in [0.25, 0.3) is 0 Å². The van der Waals surface area contributed by atoms with Crippen LogP contribution in [0.15, 0.2) is 0 Å². The van der Waals surface area contributed by atoms with Crippen LogP contribution in [0.1, 0.15) is 65.7 Å². The number of imide groups is 1. The zero-order chi connectivity index (χ0) is 15.0. The highest BCUT2D eigenvalue weighted by Gasteiger charge is 2.37. The summed E-state index contributed by atoms with van der Waals surface area (Å²) < 4.78 is 0. The maximum atomic E-state index is 12.0. The molecule has 0 saturated carbocycles. The quantitative estimate of drug-likeness (QED) is 0.495. The molecule has 0 bridgehead atoms. The third-order valence-corrected chi connectivity index (χ3v) is 3.79. The van der Waals surface area contributed by atoms with Gasteiger partial charge < -0.3 is 5.32 Å². The molecule has 1 rings (SSSR count). The van der Waals surface area contributed by atoms with Crippen LogP contribution in [0.3, 0.4) is 0 Å². The second-order valence-electron chi connectivity index (χ2n) is 6.19. The van der Waals surface area contributed by atoms with E-state index in [-0.39, 0.29) is 17.9 Å². The summed E-state index contributed by atoms with van der Waals surface area (Å²) >= 11 is 0. The molecule has 4 nitrogen and oxygen atoms in total. The highest BCUT2D eigenvalue weighted by Crippen LogP contribution is 2.14. The summed E-state index contributed by atoms with van der Waals surface area (Å²) in [7, 11) is 0. The molecule has 0 radical (unpaired) electrons. The second-order valence-corrected chi connectivity index (χ2v) is 6.19. The number of carbonyl (C=O) groups is 2. The zero-order valence-electron chi connectivity index (χ0n) is 13.3. The van der Waals surface area contributed by atoms with E-state index >= 15 is 0 Å². The number of nitrogens with one attached hydrogen (secondary N) is 1. The summed E-state index contributed by atoms with van der Waals surface area (Å²) in [5.41, 5.74) is 0. The van der Waals surface area contributed by atoms with Crippen LogP contribution in [-0.2, 0) is 9.59 Å². The summed E-state index contributed by atoms with van der Waals surface area (Å²) in [6.07, 6.45) is 7.32. The van der Waals surface area contributed by atoms with Gasteiger partial charge in [0.2, 0.25) is 11.8 Å². The summed E-state index contributed by atoms with van der Waals surface area (Å²) in [6.45, 7) is 7.90. The smallest absolute Gasteiger partial charge is 0.246 e. The second kappa shape index (κ2) is 9.11. The monoisotopic (exact) mass is 282 g/mol. The highest BCUT2D eigenvalue weighted by molar-refractivity contribution is 6.05. The van der Waals surface area contributed by atoms with Crippen molar-refractivity contribution < 1.29 is 9.59 Å². The minimum absolute atomic E-state index is 0.0220. The van der Waals surface area contributed by atoms with Crippen LogP contribution in [0.25, 0.3) is 0 Å². The molecule has 20 heavy (non-hydrogen) atoms. The molecule has 1 atom stereocenters. The van der Waals surface area contributed by atoms with Crippen LogP contribution in [0, 0.1) is 5.92 Å². The van der Waals surface area contributed by atoms with E-state index in [0.29, 0.717) is 13.0 Å². The average molecular weight is 282 g/mol. The molecular formula is C16H30N2O2. The fourth-order valence-electron chi connectivity index (χ4n) is 2.61. The molecular weight excluding hydrogens is 252 g/mol. The van der Waals surface area contributed by atoms with Crippen molar-refractivity contribution in [3.05, 3.63) is 0 Å². The molecule has 1 heterocycles. The molecule has 1 saturated heterocycles.